The van der Waals surface area contributed by atoms with E-state index in [0.717, 1.165) is 11.3 Å². The largest absolute Gasteiger partial charge is 0.334 e. The standard InChI is InChI=1S/C19H19N5O2S/c1-14(17(25)22-18(26)20-12-15-8-4-2-5-9-15)27-19-23-21-13-24(19)16-10-6-3-7-11-16/h2-11,13-14H,12H2,1H3,(H2,20,22,25,26). The molecule has 2 aromatic carbocycles. The summed E-state index contributed by atoms with van der Waals surface area (Å²) < 4.78 is 1.80. The highest BCUT2D eigenvalue weighted by atomic mass is 32.2. The second-order valence-corrected chi connectivity index (χ2v) is 7.04. The highest BCUT2D eigenvalue weighted by Gasteiger charge is 2.20. The summed E-state index contributed by atoms with van der Waals surface area (Å²) in [6.07, 6.45) is 1.59. The summed E-state index contributed by atoms with van der Waals surface area (Å²) >= 11 is 1.23. The van der Waals surface area contributed by atoms with Crippen LogP contribution in [0.15, 0.2) is 72.1 Å². The van der Waals surface area contributed by atoms with Crippen LogP contribution in [0.1, 0.15) is 12.5 Å². The first-order valence-electron chi connectivity index (χ1n) is 8.38. The van der Waals surface area contributed by atoms with Crippen LogP contribution in [0.3, 0.4) is 0 Å². The van der Waals surface area contributed by atoms with Crippen molar-refractivity contribution in [3.63, 3.8) is 0 Å². The van der Waals surface area contributed by atoms with Gasteiger partial charge in [0.1, 0.15) is 6.33 Å². The molecule has 3 aromatic rings. The number of urea groups is 1. The highest BCUT2D eigenvalue weighted by Crippen LogP contribution is 2.23. The molecule has 0 aliphatic rings. The third-order valence-corrected chi connectivity index (χ3v) is 4.79. The summed E-state index contributed by atoms with van der Waals surface area (Å²) in [5, 5.41) is 13.1. The average molecular weight is 381 g/mol. The molecule has 3 amide bonds. The topological polar surface area (TPSA) is 88.9 Å². The molecule has 0 radical (unpaired) electrons. The number of nitrogens with zero attached hydrogens (tertiary/aromatic N) is 3. The third kappa shape index (κ3) is 5.18. The molecule has 138 valence electrons. The van der Waals surface area contributed by atoms with E-state index in [4.69, 9.17) is 0 Å². The Balaban J connectivity index is 1.54. The Labute approximate surface area is 161 Å². The molecule has 0 saturated heterocycles. The van der Waals surface area contributed by atoms with Gasteiger partial charge < -0.3 is 5.32 Å². The first-order valence-corrected chi connectivity index (χ1v) is 9.26. The fraction of sp³-hybridized carbons (Fsp3) is 0.158. The Morgan fingerprint density at radius 1 is 1.07 bits per heavy atom. The number of thioether (sulfide) groups is 1. The lowest BCUT2D eigenvalue weighted by Crippen LogP contribution is -2.42. The fourth-order valence-corrected chi connectivity index (χ4v) is 3.16. The van der Waals surface area contributed by atoms with Gasteiger partial charge in [-0.1, -0.05) is 60.3 Å². The fourth-order valence-electron chi connectivity index (χ4n) is 2.32. The monoisotopic (exact) mass is 381 g/mol. The van der Waals surface area contributed by atoms with Crippen molar-refractivity contribution >= 4 is 23.7 Å². The summed E-state index contributed by atoms with van der Waals surface area (Å²) in [7, 11) is 0. The molecule has 1 unspecified atom stereocenters. The third-order valence-electron chi connectivity index (χ3n) is 3.73. The lowest BCUT2D eigenvalue weighted by molar-refractivity contribution is -0.119. The normalized spacial score (nSPS) is 11.6. The molecule has 0 aliphatic carbocycles. The zero-order valence-electron chi connectivity index (χ0n) is 14.7. The predicted octanol–water partition coefficient (Wildman–Crippen LogP) is 2.77. The molecular weight excluding hydrogens is 362 g/mol. The van der Waals surface area contributed by atoms with Crippen molar-refractivity contribution in [1.82, 2.24) is 25.4 Å². The van der Waals surface area contributed by atoms with Crippen LogP contribution in [-0.2, 0) is 11.3 Å². The van der Waals surface area contributed by atoms with Gasteiger partial charge in [-0.3, -0.25) is 14.7 Å². The van der Waals surface area contributed by atoms with E-state index in [1.165, 1.54) is 11.8 Å². The number of benzene rings is 2. The molecule has 1 heterocycles. The molecule has 0 saturated carbocycles. The van der Waals surface area contributed by atoms with Crippen molar-refractivity contribution in [2.75, 3.05) is 0 Å². The SMILES string of the molecule is CC(Sc1nncn1-c1ccccc1)C(=O)NC(=O)NCc1ccccc1. The molecule has 7 nitrogen and oxygen atoms in total. The second-order valence-electron chi connectivity index (χ2n) is 5.74. The van der Waals surface area contributed by atoms with Gasteiger partial charge in [-0.15, -0.1) is 10.2 Å². The number of hydrogen-bond donors (Lipinski definition) is 2. The van der Waals surface area contributed by atoms with Crippen molar-refractivity contribution in [2.24, 2.45) is 0 Å². The number of nitrogens with one attached hydrogen (secondary N) is 2. The number of imide groups is 1. The zero-order valence-corrected chi connectivity index (χ0v) is 15.5. The van der Waals surface area contributed by atoms with E-state index < -0.39 is 17.2 Å². The molecule has 1 aromatic heterocycles. The Morgan fingerprint density at radius 2 is 1.74 bits per heavy atom. The summed E-state index contributed by atoms with van der Waals surface area (Å²) in [5.41, 5.74) is 1.86. The second kappa shape index (κ2) is 9.00. The number of aromatic nitrogens is 3. The molecule has 2 N–H and O–H groups in total. The van der Waals surface area contributed by atoms with Gasteiger partial charge in [0.05, 0.1) is 5.25 Å². The summed E-state index contributed by atoms with van der Waals surface area (Å²) in [5.74, 6) is -0.395. The number of hydrogen-bond acceptors (Lipinski definition) is 5. The lowest BCUT2D eigenvalue weighted by atomic mass is 10.2. The quantitative estimate of drug-likeness (QED) is 0.641. The highest BCUT2D eigenvalue weighted by molar-refractivity contribution is 8.00. The van der Waals surface area contributed by atoms with E-state index in [0.29, 0.717) is 11.7 Å². The molecule has 1 atom stereocenters. The van der Waals surface area contributed by atoms with Crippen molar-refractivity contribution in [1.29, 1.82) is 0 Å². The maximum Gasteiger partial charge on any atom is 0.321 e. The summed E-state index contributed by atoms with van der Waals surface area (Å²) in [6.45, 7) is 2.07. The number of amides is 3. The smallest absolute Gasteiger partial charge is 0.321 e. The van der Waals surface area contributed by atoms with Crippen molar-refractivity contribution in [3.8, 4) is 5.69 Å². The van der Waals surface area contributed by atoms with Crippen LogP contribution in [0.5, 0.6) is 0 Å². The van der Waals surface area contributed by atoms with Gasteiger partial charge in [-0.25, -0.2) is 4.79 Å². The lowest BCUT2D eigenvalue weighted by Gasteiger charge is -2.12. The van der Waals surface area contributed by atoms with E-state index in [2.05, 4.69) is 20.8 Å². The van der Waals surface area contributed by atoms with E-state index in [-0.39, 0.29) is 0 Å². The van der Waals surface area contributed by atoms with Crippen molar-refractivity contribution in [3.05, 3.63) is 72.6 Å². The Hall–Kier alpha value is -3.13. The van der Waals surface area contributed by atoms with Crippen LogP contribution in [0, 0.1) is 0 Å². The van der Waals surface area contributed by atoms with Gasteiger partial charge in [0, 0.05) is 12.2 Å². The predicted molar refractivity (Wildman–Crippen MR) is 103 cm³/mol. The minimum atomic E-state index is -0.527. The molecule has 0 bridgehead atoms. The first-order chi connectivity index (χ1) is 13.1. The first kappa shape index (κ1) is 18.7. The van der Waals surface area contributed by atoms with Gasteiger partial charge >= 0.3 is 6.03 Å². The van der Waals surface area contributed by atoms with Crippen molar-refractivity contribution in [2.45, 2.75) is 23.9 Å². The summed E-state index contributed by atoms with van der Waals surface area (Å²) in [6, 6.07) is 18.6. The van der Waals surface area contributed by atoms with E-state index in [1.807, 2.05) is 60.7 Å². The van der Waals surface area contributed by atoms with Crippen LogP contribution in [-0.4, -0.2) is 32.0 Å². The minimum Gasteiger partial charge on any atom is -0.334 e. The van der Waals surface area contributed by atoms with E-state index in [1.54, 1.807) is 17.8 Å². The average Bonchev–Trinajstić information content (AvgIpc) is 3.16. The van der Waals surface area contributed by atoms with E-state index in [9.17, 15) is 9.59 Å². The van der Waals surface area contributed by atoms with Crippen LogP contribution >= 0.6 is 11.8 Å². The van der Waals surface area contributed by atoms with Crippen LogP contribution in [0.25, 0.3) is 5.69 Å². The van der Waals surface area contributed by atoms with Gasteiger partial charge in [-0.05, 0) is 24.6 Å². The Morgan fingerprint density at radius 3 is 2.44 bits per heavy atom. The molecule has 27 heavy (non-hydrogen) atoms. The van der Waals surface area contributed by atoms with Gasteiger partial charge in [-0.2, -0.15) is 0 Å². The van der Waals surface area contributed by atoms with Gasteiger partial charge in [0.2, 0.25) is 5.91 Å². The maximum atomic E-state index is 12.3. The summed E-state index contributed by atoms with van der Waals surface area (Å²) in [4.78, 5) is 24.2. The molecule has 0 aliphatic heterocycles. The van der Waals surface area contributed by atoms with Crippen molar-refractivity contribution < 1.29 is 9.59 Å². The number of para-hydroxylation sites is 1. The minimum absolute atomic E-state index is 0.351. The van der Waals surface area contributed by atoms with Gasteiger partial charge in [0.15, 0.2) is 5.16 Å². The molecule has 8 heteroatoms. The van der Waals surface area contributed by atoms with Crippen LogP contribution in [0.2, 0.25) is 0 Å². The zero-order chi connectivity index (χ0) is 19.1. The maximum absolute atomic E-state index is 12.3. The van der Waals surface area contributed by atoms with E-state index >= 15 is 0 Å². The Bertz CT molecular complexity index is 899. The molecule has 0 spiro atoms. The number of carbonyl (C=O) groups is 2. The van der Waals surface area contributed by atoms with Crippen LogP contribution in [0.4, 0.5) is 4.79 Å². The molecule has 3 rings (SSSR count). The molecule has 0 fully saturated rings. The Kier molecular flexibility index (Phi) is 6.22. The number of rotatable bonds is 6. The van der Waals surface area contributed by atoms with Gasteiger partial charge in [0.25, 0.3) is 0 Å². The molecular formula is C19H19N5O2S. The van der Waals surface area contributed by atoms with Crippen LogP contribution < -0.4 is 10.6 Å². The number of carbonyl (C=O) groups excluding carboxylic acids is 2.